The largest absolute Gasteiger partial charge is 0.384 e. The molecule has 0 radical (unpaired) electrons. The first-order valence-electron chi connectivity index (χ1n) is 10.5. The van der Waals surface area contributed by atoms with Crippen molar-refractivity contribution in [3.05, 3.63) is 36.3 Å². The van der Waals surface area contributed by atoms with Crippen LogP contribution in [0.25, 0.3) is 21.9 Å². The maximum absolute atomic E-state index is 12.9. The number of aromatic amines is 1. The van der Waals surface area contributed by atoms with E-state index in [2.05, 4.69) is 27.1 Å². The number of methoxy groups -OCH3 is 1. The monoisotopic (exact) mass is 393 g/mol. The van der Waals surface area contributed by atoms with E-state index in [0.717, 1.165) is 68.6 Å². The second-order valence-corrected chi connectivity index (χ2v) is 8.26. The van der Waals surface area contributed by atoms with E-state index >= 15 is 0 Å². The molecular formula is C22H27N5O2. The van der Waals surface area contributed by atoms with Gasteiger partial charge in [0.15, 0.2) is 0 Å². The topological polar surface area (TPSA) is 74.3 Å². The molecular weight excluding hydrogens is 366 g/mol. The molecule has 5 heterocycles. The quantitative estimate of drug-likeness (QED) is 0.740. The van der Waals surface area contributed by atoms with E-state index in [9.17, 15) is 4.79 Å². The highest BCUT2D eigenvalue weighted by molar-refractivity contribution is 6.05. The maximum Gasteiger partial charge on any atom is 0.320 e. The smallest absolute Gasteiger partial charge is 0.320 e. The normalized spacial score (nSPS) is 20.8. The lowest BCUT2D eigenvalue weighted by atomic mass is 9.87. The van der Waals surface area contributed by atoms with Crippen LogP contribution in [0.2, 0.25) is 0 Å². The Kier molecular flexibility index (Phi) is 4.83. The Labute approximate surface area is 170 Å². The summed E-state index contributed by atoms with van der Waals surface area (Å²) in [6, 6.07) is 4.42. The first-order chi connectivity index (χ1) is 14.2. The van der Waals surface area contributed by atoms with Crippen LogP contribution in [-0.4, -0.2) is 70.7 Å². The van der Waals surface area contributed by atoms with Crippen molar-refractivity contribution in [1.82, 2.24) is 24.8 Å². The molecule has 7 heteroatoms. The second kappa shape index (κ2) is 7.63. The Morgan fingerprint density at radius 1 is 1.17 bits per heavy atom. The summed E-state index contributed by atoms with van der Waals surface area (Å²) in [5.74, 6) is 0.909. The molecule has 2 fully saturated rings. The lowest BCUT2D eigenvalue weighted by Gasteiger charge is -2.35. The number of urea groups is 1. The molecule has 7 nitrogen and oxygen atoms in total. The zero-order valence-corrected chi connectivity index (χ0v) is 16.8. The number of fused-ring (bicyclic) bond motifs is 3. The lowest BCUT2D eigenvalue weighted by molar-refractivity contribution is 0.136. The van der Waals surface area contributed by atoms with Gasteiger partial charge in [-0.15, -0.1) is 0 Å². The number of hydrogen-bond acceptors (Lipinski definition) is 4. The summed E-state index contributed by atoms with van der Waals surface area (Å²) < 4.78 is 5.26. The number of carbonyl (C=O) groups is 1. The predicted molar refractivity (Wildman–Crippen MR) is 112 cm³/mol. The summed E-state index contributed by atoms with van der Waals surface area (Å²) >= 11 is 0. The van der Waals surface area contributed by atoms with Crippen molar-refractivity contribution < 1.29 is 9.53 Å². The number of aromatic nitrogens is 3. The minimum absolute atomic E-state index is 0.193. The Bertz CT molecular complexity index is 1020. The third-order valence-corrected chi connectivity index (χ3v) is 6.49. The van der Waals surface area contributed by atoms with Gasteiger partial charge in [-0.25, -0.2) is 9.78 Å². The first kappa shape index (κ1) is 18.4. The highest BCUT2D eigenvalue weighted by Gasteiger charge is 2.32. The van der Waals surface area contributed by atoms with Gasteiger partial charge in [-0.2, -0.15) is 0 Å². The van der Waals surface area contributed by atoms with Crippen LogP contribution in [0.1, 0.15) is 30.7 Å². The Morgan fingerprint density at radius 3 is 2.83 bits per heavy atom. The van der Waals surface area contributed by atoms with Crippen LogP contribution in [0.5, 0.6) is 0 Å². The number of nitrogens with zero attached hydrogens (tertiary/aromatic N) is 4. The minimum Gasteiger partial charge on any atom is -0.384 e. The number of H-pyrrole nitrogens is 1. The molecule has 1 N–H and O–H groups in total. The lowest BCUT2D eigenvalue weighted by Crippen LogP contribution is -2.45. The van der Waals surface area contributed by atoms with E-state index in [1.165, 1.54) is 10.9 Å². The van der Waals surface area contributed by atoms with Gasteiger partial charge in [0.25, 0.3) is 0 Å². The van der Waals surface area contributed by atoms with Crippen LogP contribution in [-0.2, 0) is 4.74 Å². The molecule has 0 saturated carbocycles. The molecule has 2 saturated heterocycles. The van der Waals surface area contributed by atoms with Crippen LogP contribution >= 0.6 is 0 Å². The Morgan fingerprint density at radius 2 is 2.00 bits per heavy atom. The van der Waals surface area contributed by atoms with Crippen molar-refractivity contribution >= 4 is 28.0 Å². The zero-order valence-electron chi connectivity index (χ0n) is 16.8. The molecule has 1 unspecified atom stereocenters. The number of nitrogens with one attached hydrogen (secondary N) is 1. The Hall–Kier alpha value is -2.67. The first-order valence-corrected chi connectivity index (χ1v) is 10.5. The van der Waals surface area contributed by atoms with Crippen molar-refractivity contribution in [2.24, 2.45) is 5.92 Å². The number of hydrogen-bond donors (Lipinski definition) is 1. The van der Waals surface area contributed by atoms with Crippen LogP contribution in [0.4, 0.5) is 4.79 Å². The fourth-order valence-corrected chi connectivity index (χ4v) is 4.98. The van der Waals surface area contributed by atoms with E-state index in [1.54, 1.807) is 7.11 Å². The number of pyridine rings is 2. The van der Waals surface area contributed by atoms with E-state index < -0.39 is 0 Å². The summed E-state index contributed by atoms with van der Waals surface area (Å²) in [7, 11) is 1.73. The van der Waals surface area contributed by atoms with E-state index in [-0.39, 0.29) is 6.03 Å². The third kappa shape index (κ3) is 3.33. The van der Waals surface area contributed by atoms with Gasteiger partial charge in [0.2, 0.25) is 0 Å². The summed E-state index contributed by atoms with van der Waals surface area (Å²) in [4.78, 5) is 29.2. The fourth-order valence-electron chi connectivity index (χ4n) is 4.98. The van der Waals surface area contributed by atoms with Gasteiger partial charge in [-0.05, 0) is 42.9 Å². The van der Waals surface area contributed by atoms with Crippen molar-refractivity contribution in [2.75, 3.05) is 39.9 Å². The van der Waals surface area contributed by atoms with Crippen molar-refractivity contribution in [3.63, 3.8) is 0 Å². The SMILES string of the molecule is COCC1CCN(C(=O)N2CCC(c3ccnc4cnc5[nH]ccc5c34)CC2)C1. The van der Waals surface area contributed by atoms with Gasteiger partial charge in [-0.3, -0.25) is 4.98 Å². The van der Waals surface area contributed by atoms with Gasteiger partial charge in [-0.1, -0.05) is 0 Å². The molecule has 0 spiro atoms. The highest BCUT2D eigenvalue weighted by Crippen LogP contribution is 2.35. The Balaban J connectivity index is 1.31. The standard InChI is InChI=1S/C22H27N5O2/c1-29-14-15-4-9-27(13-15)22(28)26-10-5-16(6-11-26)17-2-7-23-19-12-25-21-18(20(17)19)3-8-24-21/h2-3,7-8,12,15-16H,4-6,9-11,13-14H2,1H3,(H,24,25). The minimum atomic E-state index is 0.193. The average molecular weight is 393 g/mol. The number of likely N-dealkylation sites (tertiary alicyclic amines) is 2. The van der Waals surface area contributed by atoms with Crippen LogP contribution < -0.4 is 0 Å². The summed E-state index contributed by atoms with van der Waals surface area (Å²) in [5, 5.41) is 2.33. The molecule has 1 atom stereocenters. The molecule has 5 rings (SSSR count). The van der Waals surface area contributed by atoms with Crippen molar-refractivity contribution in [2.45, 2.75) is 25.2 Å². The van der Waals surface area contributed by atoms with Crippen LogP contribution in [0, 0.1) is 5.92 Å². The summed E-state index contributed by atoms with van der Waals surface area (Å²) in [6.45, 7) is 4.02. The molecule has 0 aromatic carbocycles. The zero-order chi connectivity index (χ0) is 19.8. The second-order valence-electron chi connectivity index (χ2n) is 8.26. The van der Waals surface area contributed by atoms with Crippen LogP contribution in [0.3, 0.4) is 0 Å². The van der Waals surface area contributed by atoms with Gasteiger partial charge in [0.1, 0.15) is 5.65 Å². The molecule has 3 aromatic heterocycles. The summed E-state index contributed by atoms with van der Waals surface area (Å²) in [6.07, 6.45) is 8.67. The van der Waals surface area contributed by atoms with E-state index in [1.807, 2.05) is 28.4 Å². The highest BCUT2D eigenvalue weighted by atomic mass is 16.5. The van der Waals surface area contributed by atoms with Gasteiger partial charge >= 0.3 is 6.03 Å². The molecule has 2 aliphatic rings. The molecule has 2 aliphatic heterocycles. The number of rotatable bonds is 3. The molecule has 2 amide bonds. The number of carbonyl (C=O) groups excluding carboxylic acids is 1. The van der Waals surface area contributed by atoms with Crippen molar-refractivity contribution in [1.29, 1.82) is 0 Å². The van der Waals surface area contributed by atoms with Gasteiger partial charge < -0.3 is 19.5 Å². The molecule has 152 valence electrons. The van der Waals surface area contributed by atoms with Crippen LogP contribution in [0.15, 0.2) is 30.7 Å². The number of ether oxygens (including phenoxy) is 1. The van der Waals surface area contributed by atoms with Gasteiger partial charge in [0.05, 0.1) is 18.3 Å². The third-order valence-electron chi connectivity index (χ3n) is 6.49. The van der Waals surface area contributed by atoms with Crippen molar-refractivity contribution in [3.8, 4) is 0 Å². The predicted octanol–water partition coefficient (Wildman–Crippen LogP) is 3.38. The molecule has 0 aliphatic carbocycles. The fraction of sp³-hybridized carbons (Fsp3) is 0.500. The molecule has 0 bridgehead atoms. The maximum atomic E-state index is 12.9. The summed E-state index contributed by atoms with van der Waals surface area (Å²) in [5.41, 5.74) is 3.17. The number of piperidine rings is 1. The van der Waals surface area contributed by atoms with Gasteiger partial charge in [0, 0.05) is 62.4 Å². The molecule has 3 aromatic rings. The van der Waals surface area contributed by atoms with E-state index in [4.69, 9.17) is 4.74 Å². The van der Waals surface area contributed by atoms with E-state index in [0.29, 0.717) is 11.8 Å². The average Bonchev–Trinajstić information content (AvgIpc) is 3.43. The molecule has 29 heavy (non-hydrogen) atoms. The number of amides is 2.